The first-order chi connectivity index (χ1) is 13.2. The average Bonchev–Trinajstić information content (AvgIpc) is 3.38. The highest BCUT2D eigenvalue weighted by atomic mass is 16.5. The molecule has 1 aliphatic carbocycles. The van der Waals surface area contributed by atoms with Crippen molar-refractivity contribution < 1.29 is 9.32 Å². The first kappa shape index (κ1) is 17.1. The Balaban J connectivity index is 1.42. The van der Waals surface area contributed by atoms with Crippen molar-refractivity contribution in [2.75, 3.05) is 0 Å². The molecular formula is C18H18N6O3. The summed E-state index contributed by atoms with van der Waals surface area (Å²) in [6, 6.07) is 3.50. The Hall–Kier alpha value is -3.36. The molecule has 3 heterocycles. The number of amides is 1. The Morgan fingerprint density at radius 2 is 2.15 bits per heavy atom. The molecule has 0 spiro atoms. The molecule has 0 bridgehead atoms. The third kappa shape index (κ3) is 3.76. The first-order valence-electron chi connectivity index (χ1n) is 8.81. The van der Waals surface area contributed by atoms with Gasteiger partial charge in [0.1, 0.15) is 11.4 Å². The fourth-order valence-electron chi connectivity index (χ4n) is 3.14. The second kappa shape index (κ2) is 7.48. The third-order valence-electron chi connectivity index (χ3n) is 4.57. The third-order valence-corrected chi connectivity index (χ3v) is 4.57. The van der Waals surface area contributed by atoms with Crippen LogP contribution in [0.2, 0.25) is 0 Å². The minimum Gasteiger partial charge on any atom is -0.344 e. The molecule has 0 saturated heterocycles. The summed E-state index contributed by atoms with van der Waals surface area (Å²) in [6.45, 7) is 0.0822. The van der Waals surface area contributed by atoms with Gasteiger partial charge in [-0.25, -0.2) is 4.98 Å². The maximum atomic E-state index is 12.3. The van der Waals surface area contributed by atoms with Gasteiger partial charge in [0.25, 0.3) is 11.5 Å². The van der Waals surface area contributed by atoms with Gasteiger partial charge in [0.15, 0.2) is 5.82 Å². The summed E-state index contributed by atoms with van der Waals surface area (Å²) in [6.07, 6.45) is 8.90. The van der Waals surface area contributed by atoms with Crippen LogP contribution >= 0.6 is 0 Å². The molecular weight excluding hydrogens is 348 g/mol. The molecule has 1 fully saturated rings. The maximum Gasteiger partial charge on any atom is 0.264 e. The lowest BCUT2D eigenvalue weighted by Gasteiger charge is -2.04. The summed E-state index contributed by atoms with van der Waals surface area (Å²) in [5.74, 6) is 1.13. The summed E-state index contributed by atoms with van der Waals surface area (Å²) in [7, 11) is 0. The molecule has 9 heteroatoms. The van der Waals surface area contributed by atoms with E-state index in [1.54, 1.807) is 24.5 Å². The van der Waals surface area contributed by atoms with E-state index in [0.29, 0.717) is 29.0 Å². The fourth-order valence-corrected chi connectivity index (χ4v) is 3.14. The Morgan fingerprint density at radius 3 is 2.89 bits per heavy atom. The average molecular weight is 366 g/mol. The minimum absolute atomic E-state index is 0.0813. The zero-order valence-electron chi connectivity index (χ0n) is 14.5. The Labute approximate surface area is 154 Å². The van der Waals surface area contributed by atoms with Crippen molar-refractivity contribution in [3.8, 4) is 11.4 Å². The lowest BCUT2D eigenvalue weighted by atomic mass is 10.1. The predicted molar refractivity (Wildman–Crippen MR) is 94.8 cm³/mol. The quantitative estimate of drug-likeness (QED) is 0.705. The molecule has 1 aliphatic rings. The topological polar surface area (TPSA) is 127 Å². The van der Waals surface area contributed by atoms with Crippen LogP contribution in [-0.4, -0.2) is 31.0 Å². The molecule has 3 aromatic rings. The molecule has 138 valence electrons. The van der Waals surface area contributed by atoms with Gasteiger partial charge in [0, 0.05) is 30.1 Å². The normalized spacial score (nSPS) is 14.4. The van der Waals surface area contributed by atoms with Gasteiger partial charge in [0.2, 0.25) is 5.89 Å². The van der Waals surface area contributed by atoms with Crippen molar-refractivity contribution in [2.45, 2.75) is 38.1 Å². The molecule has 3 aromatic heterocycles. The molecule has 4 rings (SSSR count). The molecule has 0 atom stereocenters. The Bertz CT molecular complexity index is 992. The van der Waals surface area contributed by atoms with Crippen LogP contribution in [0.4, 0.5) is 0 Å². The minimum atomic E-state index is -0.547. The van der Waals surface area contributed by atoms with Crippen LogP contribution in [0.5, 0.6) is 0 Å². The predicted octanol–water partition coefficient (Wildman–Crippen LogP) is 1.80. The number of hydrogen-bond acceptors (Lipinski definition) is 7. The van der Waals surface area contributed by atoms with Gasteiger partial charge in [0.05, 0.1) is 6.54 Å². The number of nitrogens with one attached hydrogen (secondary N) is 2. The largest absolute Gasteiger partial charge is 0.344 e. The van der Waals surface area contributed by atoms with Crippen LogP contribution in [0.15, 0.2) is 40.0 Å². The van der Waals surface area contributed by atoms with Gasteiger partial charge >= 0.3 is 0 Å². The van der Waals surface area contributed by atoms with Crippen LogP contribution in [0, 0.1) is 0 Å². The molecule has 9 nitrogen and oxygen atoms in total. The SMILES string of the molecule is O=C(NCc1noc(C2CCCC2)n1)c1cnc(-c2cccnc2)[nH]c1=O. The van der Waals surface area contributed by atoms with Crippen LogP contribution in [0.3, 0.4) is 0 Å². The number of rotatable bonds is 5. The highest BCUT2D eigenvalue weighted by Crippen LogP contribution is 2.32. The number of nitrogens with zero attached hydrogens (tertiary/aromatic N) is 4. The van der Waals surface area contributed by atoms with Crippen molar-refractivity contribution in [3.63, 3.8) is 0 Å². The van der Waals surface area contributed by atoms with Gasteiger partial charge < -0.3 is 14.8 Å². The van der Waals surface area contributed by atoms with E-state index >= 15 is 0 Å². The molecule has 1 amide bonds. The first-order valence-corrected chi connectivity index (χ1v) is 8.81. The zero-order valence-corrected chi connectivity index (χ0v) is 14.5. The van der Waals surface area contributed by atoms with Crippen molar-refractivity contribution in [1.29, 1.82) is 0 Å². The molecule has 0 aromatic carbocycles. The van der Waals surface area contributed by atoms with E-state index in [2.05, 4.69) is 30.4 Å². The lowest BCUT2D eigenvalue weighted by molar-refractivity contribution is 0.0947. The van der Waals surface area contributed by atoms with Gasteiger partial charge in [-0.15, -0.1) is 0 Å². The van der Waals surface area contributed by atoms with Crippen LogP contribution in [0.1, 0.15) is 53.7 Å². The summed E-state index contributed by atoms with van der Waals surface area (Å²) in [4.78, 5) is 39.5. The molecule has 0 unspecified atom stereocenters. The Kier molecular flexibility index (Phi) is 4.73. The van der Waals surface area contributed by atoms with Crippen molar-refractivity contribution in [1.82, 2.24) is 30.4 Å². The fraction of sp³-hybridized carbons (Fsp3) is 0.333. The summed E-state index contributed by atoms with van der Waals surface area (Å²) in [5, 5.41) is 6.52. The summed E-state index contributed by atoms with van der Waals surface area (Å²) >= 11 is 0. The standard InChI is InChI=1S/C18H18N6O3/c25-16(21-10-14-22-18(27-24-14)11-4-1-2-5-11)13-9-20-15(23-17(13)26)12-6-3-7-19-8-12/h3,6-9,11H,1-2,4-5,10H2,(H,21,25)(H,20,23,26). The van der Waals surface area contributed by atoms with E-state index in [0.717, 1.165) is 12.8 Å². The van der Waals surface area contributed by atoms with E-state index in [9.17, 15) is 9.59 Å². The van der Waals surface area contributed by atoms with E-state index in [4.69, 9.17) is 4.52 Å². The smallest absolute Gasteiger partial charge is 0.264 e. The van der Waals surface area contributed by atoms with Gasteiger partial charge in [-0.3, -0.25) is 14.6 Å². The molecule has 0 radical (unpaired) electrons. The van der Waals surface area contributed by atoms with Crippen LogP contribution in [0.25, 0.3) is 11.4 Å². The molecule has 27 heavy (non-hydrogen) atoms. The van der Waals surface area contributed by atoms with Gasteiger partial charge in [-0.2, -0.15) is 4.98 Å². The molecule has 0 aliphatic heterocycles. The monoisotopic (exact) mass is 366 g/mol. The lowest BCUT2D eigenvalue weighted by Crippen LogP contribution is -2.30. The maximum absolute atomic E-state index is 12.3. The van der Waals surface area contributed by atoms with E-state index < -0.39 is 11.5 Å². The highest BCUT2D eigenvalue weighted by molar-refractivity contribution is 5.93. The van der Waals surface area contributed by atoms with E-state index in [-0.39, 0.29) is 12.1 Å². The van der Waals surface area contributed by atoms with E-state index in [1.807, 2.05) is 0 Å². The number of carbonyl (C=O) groups is 1. The second-order valence-corrected chi connectivity index (χ2v) is 6.43. The van der Waals surface area contributed by atoms with Gasteiger partial charge in [-0.05, 0) is 25.0 Å². The van der Waals surface area contributed by atoms with Crippen molar-refractivity contribution in [3.05, 3.63) is 58.4 Å². The number of hydrogen-bond donors (Lipinski definition) is 2. The number of aromatic amines is 1. The zero-order chi connectivity index (χ0) is 18.6. The van der Waals surface area contributed by atoms with E-state index in [1.165, 1.54) is 19.0 Å². The second-order valence-electron chi connectivity index (χ2n) is 6.43. The van der Waals surface area contributed by atoms with Crippen molar-refractivity contribution in [2.24, 2.45) is 0 Å². The molecule has 1 saturated carbocycles. The number of pyridine rings is 1. The van der Waals surface area contributed by atoms with Crippen LogP contribution in [-0.2, 0) is 6.54 Å². The van der Waals surface area contributed by atoms with Gasteiger partial charge in [-0.1, -0.05) is 18.0 Å². The van der Waals surface area contributed by atoms with Crippen LogP contribution < -0.4 is 10.9 Å². The number of H-pyrrole nitrogens is 1. The Morgan fingerprint density at radius 1 is 1.30 bits per heavy atom. The molecule has 2 N–H and O–H groups in total. The number of carbonyl (C=O) groups excluding carboxylic acids is 1. The highest BCUT2D eigenvalue weighted by Gasteiger charge is 2.23. The number of aromatic nitrogens is 5. The summed E-state index contributed by atoms with van der Waals surface area (Å²) in [5.41, 5.74) is 0.0519. The summed E-state index contributed by atoms with van der Waals surface area (Å²) < 4.78 is 5.28. The van der Waals surface area contributed by atoms with Crippen molar-refractivity contribution >= 4 is 5.91 Å².